The number of esters is 1. The first-order valence-electron chi connectivity index (χ1n) is 6.72. The summed E-state index contributed by atoms with van der Waals surface area (Å²) in [7, 11) is 1.29. The molecule has 0 heterocycles. The highest BCUT2D eigenvalue weighted by molar-refractivity contribution is 9.10. The molecule has 0 aromatic heterocycles. The van der Waals surface area contributed by atoms with Crippen LogP contribution in [0, 0.1) is 0 Å². The Morgan fingerprint density at radius 1 is 0.870 bits per heavy atom. The van der Waals surface area contributed by atoms with E-state index in [1.165, 1.54) is 13.2 Å². The zero-order valence-corrected chi connectivity index (χ0v) is 13.9. The lowest BCUT2D eigenvalue weighted by molar-refractivity contribution is -0.134. The normalized spacial score (nSPS) is 10.5. The van der Waals surface area contributed by atoms with Crippen molar-refractivity contribution in [2.24, 2.45) is 0 Å². The number of carbonyl (C=O) groups is 3. The summed E-state index contributed by atoms with van der Waals surface area (Å²) >= 11 is 3.28. The quantitative estimate of drug-likeness (QED) is 0.347. The fraction of sp³-hybridized carbons (Fsp3) is 0.0556. The van der Waals surface area contributed by atoms with Gasteiger partial charge in [-0.1, -0.05) is 40.2 Å². The molecule has 0 aliphatic carbocycles. The lowest BCUT2D eigenvalue weighted by Gasteiger charge is -2.02. The van der Waals surface area contributed by atoms with Gasteiger partial charge in [-0.3, -0.25) is 9.59 Å². The predicted octanol–water partition coefficient (Wildman–Crippen LogP) is 3.70. The van der Waals surface area contributed by atoms with Gasteiger partial charge in [-0.25, -0.2) is 4.79 Å². The molecular weight excluding hydrogens is 360 g/mol. The number of halogens is 1. The minimum atomic E-state index is -0.573. The smallest absolute Gasteiger partial charge is 0.330 e. The van der Waals surface area contributed by atoms with E-state index < -0.39 is 17.5 Å². The summed E-state index contributed by atoms with van der Waals surface area (Å²) in [5.41, 5.74) is 1.36. The summed E-state index contributed by atoms with van der Waals surface area (Å²) in [6.07, 6.45) is 2.85. The van der Waals surface area contributed by atoms with E-state index in [-0.39, 0.29) is 0 Å². The molecule has 0 fully saturated rings. The molecule has 4 nitrogen and oxygen atoms in total. The third-order valence-electron chi connectivity index (χ3n) is 3.10. The Hall–Kier alpha value is -2.53. The highest BCUT2D eigenvalue weighted by atomic mass is 79.9. The van der Waals surface area contributed by atoms with E-state index in [0.717, 1.165) is 10.0 Å². The van der Waals surface area contributed by atoms with Gasteiger partial charge in [0.05, 0.1) is 7.11 Å². The van der Waals surface area contributed by atoms with Crippen molar-refractivity contribution in [2.75, 3.05) is 7.11 Å². The van der Waals surface area contributed by atoms with E-state index in [9.17, 15) is 14.4 Å². The van der Waals surface area contributed by atoms with Gasteiger partial charge in [0.2, 0.25) is 11.6 Å². The molecular formula is C18H13BrO4. The minimum absolute atomic E-state index is 0.299. The van der Waals surface area contributed by atoms with Crippen molar-refractivity contribution in [3.63, 3.8) is 0 Å². The van der Waals surface area contributed by atoms with Gasteiger partial charge in [-0.2, -0.15) is 0 Å². The molecule has 0 aliphatic rings. The largest absolute Gasteiger partial charge is 0.466 e. The van der Waals surface area contributed by atoms with E-state index in [0.29, 0.717) is 11.1 Å². The molecule has 0 N–H and O–H groups in total. The zero-order chi connectivity index (χ0) is 16.8. The summed E-state index contributed by atoms with van der Waals surface area (Å²) in [5, 5.41) is 0. The lowest BCUT2D eigenvalue weighted by Crippen LogP contribution is -2.14. The molecule has 0 atom stereocenters. The van der Waals surface area contributed by atoms with Gasteiger partial charge in [0, 0.05) is 21.7 Å². The molecule has 0 spiro atoms. The van der Waals surface area contributed by atoms with E-state index in [1.54, 1.807) is 54.6 Å². The summed E-state index contributed by atoms with van der Waals surface area (Å²) in [4.78, 5) is 35.4. The maximum Gasteiger partial charge on any atom is 0.330 e. The molecule has 116 valence electrons. The van der Waals surface area contributed by atoms with E-state index in [1.807, 2.05) is 0 Å². The van der Waals surface area contributed by atoms with Crippen molar-refractivity contribution in [3.05, 3.63) is 75.8 Å². The van der Waals surface area contributed by atoms with Gasteiger partial charge >= 0.3 is 5.97 Å². The van der Waals surface area contributed by atoms with Crippen molar-refractivity contribution < 1.29 is 19.1 Å². The maximum atomic E-state index is 12.2. The third-order valence-corrected chi connectivity index (χ3v) is 3.63. The first kappa shape index (κ1) is 16.8. The second-order valence-corrected chi connectivity index (χ2v) is 5.56. The number of ether oxygens (including phenoxy) is 1. The third kappa shape index (κ3) is 4.47. The van der Waals surface area contributed by atoms with Crippen molar-refractivity contribution in [1.29, 1.82) is 0 Å². The van der Waals surface area contributed by atoms with Gasteiger partial charge in [0.1, 0.15) is 0 Å². The summed E-state index contributed by atoms with van der Waals surface area (Å²) in [6, 6.07) is 13.0. The Labute approximate surface area is 141 Å². The number of ketones is 2. The van der Waals surface area contributed by atoms with Crippen LogP contribution in [0.3, 0.4) is 0 Å². The van der Waals surface area contributed by atoms with Crippen LogP contribution < -0.4 is 0 Å². The van der Waals surface area contributed by atoms with Gasteiger partial charge in [0.15, 0.2) is 0 Å². The fourth-order valence-electron chi connectivity index (χ4n) is 1.84. The van der Waals surface area contributed by atoms with E-state index >= 15 is 0 Å². The number of methoxy groups -OCH3 is 1. The molecule has 0 amide bonds. The Bertz CT molecular complexity index is 759. The number of hydrogen-bond acceptors (Lipinski definition) is 4. The molecule has 0 unspecified atom stereocenters. The Morgan fingerprint density at radius 2 is 1.35 bits per heavy atom. The number of benzene rings is 2. The Kier molecular flexibility index (Phi) is 5.60. The van der Waals surface area contributed by atoms with E-state index in [2.05, 4.69) is 20.7 Å². The molecule has 0 bridgehead atoms. The SMILES string of the molecule is COC(=O)C=Cc1ccc(C(=O)C(=O)c2ccc(Br)cc2)cc1. The van der Waals surface area contributed by atoms with Crippen LogP contribution >= 0.6 is 15.9 Å². The maximum absolute atomic E-state index is 12.2. The molecule has 5 heteroatoms. The van der Waals surface area contributed by atoms with Crippen LogP contribution in [0.1, 0.15) is 26.3 Å². The standard InChI is InChI=1S/C18H13BrO4/c1-23-16(20)11-4-12-2-5-13(6-3-12)17(21)18(22)14-7-9-15(19)10-8-14/h2-11H,1H3. The summed E-state index contributed by atoms with van der Waals surface area (Å²) in [6.45, 7) is 0. The number of rotatable bonds is 5. The molecule has 2 rings (SSSR count). The molecule has 0 radical (unpaired) electrons. The van der Waals surface area contributed by atoms with Crippen molar-refractivity contribution in [1.82, 2.24) is 0 Å². The molecule has 0 saturated heterocycles. The van der Waals surface area contributed by atoms with Crippen LogP contribution in [-0.4, -0.2) is 24.6 Å². The van der Waals surface area contributed by atoms with Crippen molar-refractivity contribution in [2.45, 2.75) is 0 Å². The highest BCUT2D eigenvalue weighted by Gasteiger charge is 2.17. The topological polar surface area (TPSA) is 60.4 Å². The Balaban J connectivity index is 2.14. The van der Waals surface area contributed by atoms with Gasteiger partial charge in [0.25, 0.3) is 0 Å². The predicted molar refractivity (Wildman–Crippen MR) is 90.3 cm³/mol. The van der Waals surface area contributed by atoms with Crippen LogP contribution in [0.4, 0.5) is 0 Å². The summed E-state index contributed by atoms with van der Waals surface area (Å²) in [5.74, 6) is -1.60. The average molecular weight is 373 g/mol. The van der Waals surface area contributed by atoms with Gasteiger partial charge in [-0.15, -0.1) is 0 Å². The van der Waals surface area contributed by atoms with Gasteiger partial charge < -0.3 is 4.74 Å². The molecule has 2 aromatic rings. The van der Waals surface area contributed by atoms with Crippen molar-refractivity contribution >= 4 is 39.5 Å². The second-order valence-electron chi connectivity index (χ2n) is 4.64. The first-order valence-corrected chi connectivity index (χ1v) is 7.51. The monoisotopic (exact) mass is 372 g/mol. The average Bonchev–Trinajstić information content (AvgIpc) is 2.59. The number of carbonyl (C=O) groups excluding carboxylic acids is 3. The number of hydrogen-bond donors (Lipinski definition) is 0. The Morgan fingerprint density at radius 3 is 1.83 bits per heavy atom. The number of Topliss-reactive ketones (excluding diaryl/α,β-unsaturated/α-hetero) is 2. The molecule has 2 aromatic carbocycles. The van der Waals surface area contributed by atoms with Crippen LogP contribution in [0.2, 0.25) is 0 Å². The lowest BCUT2D eigenvalue weighted by atomic mass is 10.0. The van der Waals surface area contributed by atoms with Crippen molar-refractivity contribution in [3.8, 4) is 0 Å². The van der Waals surface area contributed by atoms with Crippen LogP contribution in [-0.2, 0) is 9.53 Å². The highest BCUT2D eigenvalue weighted by Crippen LogP contribution is 2.14. The van der Waals surface area contributed by atoms with Crippen LogP contribution in [0.5, 0.6) is 0 Å². The second kappa shape index (κ2) is 7.65. The van der Waals surface area contributed by atoms with Gasteiger partial charge in [-0.05, 0) is 35.9 Å². The van der Waals surface area contributed by atoms with E-state index in [4.69, 9.17) is 0 Å². The fourth-order valence-corrected chi connectivity index (χ4v) is 2.11. The van der Waals surface area contributed by atoms with Crippen LogP contribution in [0.25, 0.3) is 6.08 Å². The molecule has 0 aliphatic heterocycles. The summed E-state index contributed by atoms with van der Waals surface area (Å²) < 4.78 is 5.33. The zero-order valence-electron chi connectivity index (χ0n) is 12.3. The minimum Gasteiger partial charge on any atom is -0.466 e. The molecule has 0 saturated carbocycles. The molecule has 23 heavy (non-hydrogen) atoms. The van der Waals surface area contributed by atoms with Crippen LogP contribution in [0.15, 0.2) is 59.1 Å². The first-order chi connectivity index (χ1) is 11.0.